The van der Waals surface area contributed by atoms with Crippen molar-refractivity contribution in [3.05, 3.63) is 0 Å². The van der Waals surface area contributed by atoms with Crippen LogP contribution in [-0.4, -0.2) is 27.9 Å². The quantitative estimate of drug-likeness (QED) is 0.413. The lowest BCUT2D eigenvalue weighted by Crippen LogP contribution is -2.48. The Kier molecular flexibility index (Phi) is 2.33. The summed E-state index contributed by atoms with van der Waals surface area (Å²) in [6, 6.07) is 0. The second-order valence-corrected chi connectivity index (χ2v) is 4.40. The SMILES string of the molecule is NC1(C=O)CC[S+]([O-])CC1. The molecule has 0 aromatic rings. The van der Waals surface area contributed by atoms with Gasteiger partial charge >= 0.3 is 0 Å². The molecule has 1 aliphatic heterocycles. The lowest BCUT2D eigenvalue weighted by molar-refractivity contribution is -0.112. The largest absolute Gasteiger partial charge is 0.616 e. The smallest absolute Gasteiger partial charge is 0.140 e. The van der Waals surface area contributed by atoms with Gasteiger partial charge in [0, 0.05) is 12.8 Å². The van der Waals surface area contributed by atoms with Gasteiger partial charge in [-0.2, -0.15) is 0 Å². The second kappa shape index (κ2) is 2.90. The van der Waals surface area contributed by atoms with Gasteiger partial charge in [0.05, 0.1) is 5.54 Å². The predicted molar refractivity (Wildman–Crippen MR) is 40.1 cm³/mol. The first-order valence-corrected chi connectivity index (χ1v) is 4.75. The Labute approximate surface area is 63.2 Å². The van der Waals surface area contributed by atoms with Crippen LogP contribution in [0.3, 0.4) is 0 Å². The molecule has 1 saturated heterocycles. The Morgan fingerprint density at radius 3 is 2.40 bits per heavy atom. The number of carbonyl (C=O) groups excluding carboxylic acids is 1. The Balaban J connectivity index is 2.46. The Hall–Kier alpha value is -0.0600. The standard InChI is InChI=1S/C6H11NO2S/c7-6(5-8)1-3-10(9)4-2-6/h5H,1-4,7H2. The van der Waals surface area contributed by atoms with Crippen LogP contribution < -0.4 is 5.73 Å². The van der Waals surface area contributed by atoms with Crippen LogP contribution in [0.15, 0.2) is 0 Å². The van der Waals surface area contributed by atoms with Crippen molar-refractivity contribution in [1.82, 2.24) is 0 Å². The van der Waals surface area contributed by atoms with E-state index >= 15 is 0 Å². The predicted octanol–water partition coefficient (Wildman–Crippen LogP) is -0.575. The molecule has 4 heteroatoms. The van der Waals surface area contributed by atoms with Crippen molar-refractivity contribution < 1.29 is 9.35 Å². The number of hydrogen-bond donors (Lipinski definition) is 1. The van der Waals surface area contributed by atoms with Crippen LogP contribution in [0.1, 0.15) is 12.8 Å². The highest BCUT2D eigenvalue weighted by Crippen LogP contribution is 2.18. The van der Waals surface area contributed by atoms with Gasteiger partial charge in [-0.15, -0.1) is 0 Å². The van der Waals surface area contributed by atoms with E-state index in [0.717, 1.165) is 6.29 Å². The van der Waals surface area contributed by atoms with E-state index in [9.17, 15) is 9.35 Å². The van der Waals surface area contributed by atoms with Crippen molar-refractivity contribution in [2.75, 3.05) is 11.5 Å². The fraction of sp³-hybridized carbons (Fsp3) is 0.833. The first-order valence-electron chi connectivity index (χ1n) is 3.26. The minimum Gasteiger partial charge on any atom is -0.616 e. The topological polar surface area (TPSA) is 66.2 Å². The van der Waals surface area contributed by atoms with Crippen molar-refractivity contribution in [2.24, 2.45) is 5.73 Å². The van der Waals surface area contributed by atoms with Gasteiger partial charge in [0.2, 0.25) is 0 Å². The van der Waals surface area contributed by atoms with Gasteiger partial charge in [-0.3, -0.25) is 0 Å². The number of hydrogen-bond acceptors (Lipinski definition) is 3. The van der Waals surface area contributed by atoms with Gasteiger partial charge in [-0.1, -0.05) is 11.2 Å². The molecule has 2 N–H and O–H groups in total. The maximum Gasteiger partial charge on any atom is 0.140 e. The van der Waals surface area contributed by atoms with Crippen LogP contribution in [0.2, 0.25) is 0 Å². The van der Waals surface area contributed by atoms with Gasteiger partial charge in [-0.05, 0) is 0 Å². The van der Waals surface area contributed by atoms with Crippen molar-refractivity contribution >= 4 is 17.5 Å². The summed E-state index contributed by atoms with van der Waals surface area (Å²) in [7, 11) is 0. The molecule has 0 spiro atoms. The van der Waals surface area contributed by atoms with Gasteiger partial charge < -0.3 is 15.1 Å². The molecule has 10 heavy (non-hydrogen) atoms. The minimum absolute atomic E-state index is 0.573. The Morgan fingerprint density at radius 1 is 1.50 bits per heavy atom. The molecule has 0 unspecified atom stereocenters. The normalized spacial score (nSPS) is 41.2. The van der Waals surface area contributed by atoms with Crippen LogP contribution in [-0.2, 0) is 16.0 Å². The molecular weight excluding hydrogens is 150 g/mol. The van der Waals surface area contributed by atoms with Crippen molar-refractivity contribution in [3.63, 3.8) is 0 Å². The monoisotopic (exact) mass is 161 g/mol. The summed E-state index contributed by atoms with van der Waals surface area (Å²) in [6.45, 7) is 0. The van der Waals surface area contributed by atoms with E-state index in [1.807, 2.05) is 0 Å². The Morgan fingerprint density at radius 2 is 2.00 bits per heavy atom. The second-order valence-electron chi connectivity index (χ2n) is 2.70. The van der Waals surface area contributed by atoms with Gasteiger partial charge in [0.15, 0.2) is 0 Å². The van der Waals surface area contributed by atoms with Crippen LogP contribution >= 0.6 is 0 Å². The van der Waals surface area contributed by atoms with Gasteiger partial charge in [0.25, 0.3) is 0 Å². The number of carbonyl (C=O) groups is 1. The summed E-state index contributed by atoms with van der Waals surface area (Å²) in [5, 5.41) is 0. The molecule has 0 radical (unpaired) electrons. The maximum absolute atomic E-state index is 10.8. The van der Waals surface area contributed by atoms with Gasteiger partial charge in [0.1, 0.15) is 17.8 Å². The number of nitrogens with two attached hydrogens (primary N) is 1. The van der Waals surface area contributed by atoms with E-state index in [2.05, 4.69) is 0 Å². The van der Waals surface area contributed by atoms with E-state index in [-0.39, 0.29) is 0 Å². The zero-order valence-corrected chi connectivity index (χ0v) is 6.52. The molecule has 3 nitrogen and oxygen atoms in total. The zero-order chi connectivity index (χ0) is 7.61. The summed E-state index contributed by atoms with van der Waals surface area (Å²) < 4.78 is 10.8. The van der Waals surface area contributed by atoms with Gasteiger partial charge in [-0.25, -0.2) is 0 Å². The zero-order valence-electron chi connectivity index (χ0n) is 5.71. The van der Waals surface area contributed by atoms with Crippen LogP contribution in [0, 0.1) is 0 Å². The summed E-state index contributed by atoms with van der Waals surface area (Å²) in [4.78, 5) is 10.4. The number of aldehydes is 1. The lowest BCUT2D eigenvalue weighted by atomic mass is 9.96. The highest BCUT2D eigenvalue weighted by molar-refractivity contribution is 7.91. The molecule has 0 aromatic carbocycles. The van der Waals surface area contributed by atoms with E-state index in [4.69, 9.17) is 5.73 Å². The minimum atomic E-state index is -0.727. The third-order valence-corrected chi connectivity index (χ3v) is 3.14. The highest BCUT2D eigenvalue weighted by atomic mass is 32.2. The third-order valence-electron chi connectivity index (χ3n) is 1.83. The molecule has 1 fully saturated rings. The van der Waals surface area contributed by atoms with E-state index in [1.54, 1.807) is 0 Å². The molecule has 0 saturated carbocycles. The van der Waals surface area contributed by atoms with E-state index in [1.165, 1.54) is 0 Å². The molecule has 1 aliphatic rings. The molecular formula is C6H11NO2S. The molecule has 0 amide bonds. The summed E-state index contributed by atoms with van der Waals surface area (Å²) in [5.74, 6) is 1.16. The van der Waals surface area contributed by atoms with Crippen molar-refractivity contribution in [1.29, 1.82) is 0 Å². The van der Waals surface area contributed by atoms with E-state index in [0.29, 0.717) is 24.3 Å². The molecule has 1 rings (SSSR count). The van der Waals surface area contributed by atoms with Crippen LogP contribution in [0.25, 0.3) is 0 Å². The fourth-order valence-corrected chi connectivity index (χ4v) is 2.37. The molecule has 0 aromatic heterocycles. The summed E-state index contributed by atoms with van der Waals surface area (Å²) in [5.41, 5.74) is 4.95. The average Bonchev–Trinajstić information content (AvgIpc) is 1.96. The fourth-order valence-electron chi connectivity index (χ4n) is 0.953. The van der Waals surface area contributed by atoms with Crippen LogP contribution in [0.4, 0.5) is 0 Å². The van der Waals surface area contributed by atoms with Crippen LogP contribution in [0.5, 0.6) is 0 Å². The summed E-state index contributed by atoms with van der Waals surface area (Å²) >= 11 is -0.727. The molecule has 0 atom stereocenters. The maximum atomic E-state index is 10.8. The lowest BCUT2D eigenvalue weighted by Gasteiger charge is -2.28. The average molecular weight is 161 g/mol. The van der Waals surface area contributed by atoms with Crippen molar-refractivity contribution in [2.45, 2.75) is 18.4 Å². The Bertz CT molecular complexity index is 132. The van der Waals surface area contributed by atoms with E-state index < -0.39 is 16.7 Å². The molecule has 0 bridgehead atoms. The highest BCUT2D eigenvalue weighted by Gasteiger charge is 2.32. The molecule has 1 heterocycles. The summed E-state index contributed by atoms with van der Waals surface area (Å²) in [6.07, 6.45) is 1.93. The third kappa shape index (κ3) is 1.71. The molecule has 58 valence electrons. The molecule has 0 aliphatic carbocycles. The number of rotatable bonds is 1. The first-order chi connectivity index (χ1) is 4.66. The first kappa shape index (κ1) is 8.04. The van der Waals surface area contributed by atoms with Crippen molar-refractivity contribution in [3.8, 4) is 0 Å².